The minimum Gasteiger partial charge on any atom is -0.332 e. The first-order valence-corrected chi connectivity index (χ1v) is 12.6. The van der Waals surface area contributed by atoms with E-state index in [0.29, 0.717) is 19.4 Å². The van der Waals surface area contributed by atoms with E-state index >= 15 is 0 Å². The second-order valence-corrected chi connectivity index (χ2v) is 9.77. The van der Waals surface area contributed by atoms with Gasteiger partial charge in [0.2, 0.25) is 11.8 Å². The summed E-state index contributed by atoms with van der Waals surface area (Å²) in [6.07, 6.45) is 9.33. The number of hydrogen-bond acceptors (Lipinski definition) is 4. The number of hydrogen-bond donors (Lipinski definition) is 0. The van der Waals surface area contributed by atoms with Crippen LogP contribution in [0.1, 0.15) is 80.1 Å². The maximum Gasteiger partial charge on any atom is 0.228 e. The Balaban J connectivity index is 1.44. The molecule has 1 saturated carbocycles. The summed E-state index contributed by atoms with van der Waals surface area (Å²) in [6, 6.07) is 10.2. The number of nitrogens with zero attached hydrogens (tertiary/aromatic N) is 4. The van der Waals surface area contributed by atoms with Crippen molar-refractivity contribution in [1.82, 2.24) is 14.9 Å². The molecule has 2 fully saturated rings. The van der Waals surface area contributed by atoms with Gasteiger partial charge in [-0.15, -0.1) is 0 Å². The Kier molecular flexibility index (Phi) is 6.43. The number of rotatable bonds is 5. The van der Waals surface area contributed by atoms with E-state index in [1.807, 2.05) is 30.0 Å². The Morgan fingerprint density at radius 2 is 1.76 bits per heavy atom. The van der Waals surface area contributed by atoms with Gasteiger partial charge in [-0.1, -0.05) is 43.2 Å². The average molecular weight is 447 g/mol. The van der Waals surface area contributed by atoms with E-state index < -0.39 is 0 Å². The van der Waals surface area contributed by atoms with Crippen molar-refractivity contribution in [3.8, 4) is 0 Å². The molecule has 0 radical (unpaired) electrons. The molecule has 0 unspecified atom stereocenters. The first kappa shape index (κ1) is 22.1. The van der Waals surface area contributed by atoms with Crippen LogP contribution >= 0.6 is 0 Å². The molecule has 0 bridgehead atoms. The van der Waals surface area contributed by atoms with Crippen LogP contribution in [-0.2, 0) is 22.4 Å². The Hall–Kier alpha value is -2.76. The first-order chi connectivity index (χ1) is 16.1. The highest BCUT2D eigenvalue weighted by atomic mass is 16.2. The molecule has 2 amide bonds. The molecule has 1 aliphatic carbocycles. The topological polar surface area (TPSA) is 66.4 Å². The van der Waals surface area contributed by atoms with Gasteiger partial charge in [0.15, 0.2) is 5.82 Å². The zero-order chi connectivity index (χ0) is 22.8. The fourth-order valence-corrected chi connectivity index (χ4v) is 5.74. The Labute approximate surface area is 196 Å². The zero-order valence-corrected chi connectivity index (χ0v) is 19.6. The van der Waals surface area contributed by atoms with Crippen molar-refractivity contribution in [3.05, 3.63) is 53.0 Å². The van der Waals surface area contributed by atoms with Crippen LogP contribution < -0.4 is 4.90 Å². The van der Waals surface area contributed by atoms with Gasteiger partial charge < -0.3 is 4.90 Å². The number of anilines is 1. The lowest BCUT2D eigenvalue weighted by molar-refractivity contribution is -0.139. The van der Waals surface area contributed by atoms with Crippen molar-refractivity contribution in [1.29, 1.82) is 0 Å². The van der Waals surface area contributed by atoms with Gasteiger partial charge in [0.1, 0.15) is 5.82 Å². The Morgan fingerprint density at radius 3 is 2.55 bits per heavy atom. The summed E-state index contributed by atoms with van der Waals surface area (Å²) in [7, 11) is 0. The van der Waals surface area contributed by atoms with Crippen LogP contribution in [-0.4, -0.2) is 39.8 Å². The molecule has 174 valence electrons. The minimum atomic E-state index is -0.0798. The average Bonchev–Trinajstić information content (AvgIpc) is 3.38. The number of aryl methyl sites for hydroxylation is 1. The number of fused-ring (bicyclic) bond motifs is 1. The lowest BCUT2D eigenvalue weighted by Crippen LogP contribution is -2.43. The molecule has 2 aromatic rings. The molecule has 1 saturated heterocycles. The second kappa shape index (κ2) is 9.62. The van der Waals surface area contributed by atoms with Crippen LogP contribution in [0.2, 0.25) is 0 Å². The standard InChI is InChI=1S/C27H34N4O2/c1-19-22-14-15-24(32)31(18-16-20-9-3-2-4-10-20)26(22)29-25(28-19)23-13-7-8-17-30(23)27(33)21-11-5-6-12-21/h2-4,9-10,21,23H,5-8,11-18H2,1H3/t23-/m1/s1. The normalized spacial score (nSPS) is 21.4. The summed E-state index contributed by atoms with van der Waals surface area (Å²) in [5.41, 5.74) is 3.24. The molecule has 1 aromatic carbocycles. The lowest BCUT2D eigenvalue weighted by atomic mass is 9.96. The highest BCUT2D eigenvalue weighted by Gasteiger charge is 2.36. The predicted octanol–water partition coefficient (Wildman–Crippen LogP) is 4.55. The summed E-state index contributed by atoms with van der Waals surface area (Å²) in [4.78, 5) is 40.1. The number of aromatic nitrogens is 2. The molecular weight excluding hydrogens is 412 g/mol. The lowest BCUT2D eigenvalue weighted by Gasteiger charge is -2.37. The van der Waals surface area contributed by atoms with Crippen molar-refractivity contribution in [2.24, 2.45) is 5.92 Å². The van der Waals surface area contributed by atoms with Gasteiger partial charge in [0.25, 0.3) is 0 Å². The fraction of sp³-hybridized carbons (Fsp3) is 0.556. The first-order valence-electron chi connectivity index (χ1n) is 12.6. The van der Waals surface area contributed by atoms with Gasteiger partial charge in [-0.3, -0.25) is 14.5 Å². The second-order valence-electron chi connectivity index (χ2n) is 9.77. The van der Waals surface area contributed by atoms with Crippen molar-refractivity contribution in [3.63, 3.8) is 0 Å². The molecular formula is C27H34N4O2. The van der Waals surface area contributed by atoms with E-state index in [2.05, 4.69) is 17.0 Å². The van der Waals surface area contributed by atoms with Gasteiger partial charge in [-0.25, -0.2) is 9.97 Å². The molecule has 6 heteroatoms. The van der Waals surface area contributed by atoms with E-state index in [1.165, 1.54) is 5.56 Å². The van der Waals surface area contributed by atoms with E-state index in [1.54, 1.807) is 0 Å². The highest BCUT2D eigenvalue weighted by molar-refractivity contribution is 5.95. The fourth-order valence-electron chi connectivity index (χ4n) is 5.74. The monoisotopic (exact) mass is 446 g/mol. The van der Waals surface area contributed by atoms with Crippen LogP contribution in [0.5, 0.6) is 0 Å². The van der Waals surface area contributed by atoms with E-state index in [4.69, 9.17) is 9.97 Å². The highest BCUT2D eigenvalue weighted by Crippen LogP contribution is 2.36. The number of amides is 2. The minimum absolute atomic E-state index is 0.0798. The van der Waals surface area contributed by atoms with Gasteiger partial charge in [0, 0.05) is 36.7 Å². The summed E-state index contributed by atoms with van der Waals surface area (Å²) in [5, 5.41) is 0. The van der Waals surface area contributed by atoms with Crippen molar-refractivity contribution < 1.29 is 9.59 Å². The number of carbonyl (C=O) groups excluding carboxylic acids is 2. The van der Waals surface area contributed by atoms with E-state index in [-0.39, 0.29) is 23.8 Å². The summed E-state index contributed by atoms with van der Waals surface area (Å²) in [6.45, 7) is 3.43. The number of benzene rings is 1. The Morgan fingerprint density at radius 1 is 1.00 bits per heavy atom. The van der Waals surface area contributed by atoms with Crippen LogP contribution in [0.4, 0.5) is 5.82 Å². The molecule has 2 aliphatic heterocycles. The molecule has 1 atom stereocenters. The molecule has 0 N–H and O–H groups in total. The molecule has 6 nitrogen and oxygen atoms in total. The van der Waals surface area contributed by atoms with E-state index in [0.717, 1.165) is 80.8 Å². The SMILES string of the molecule is Cc1nc([C@H]2CCCCN2C(=O)C2CCCC2)nc2c1CCC(=O)N2CCc1ccccc1. The predicted molar refractivity (Wildman–Crippen MR) is 128 cm³/mol. The van der Waals surface area contributed by atoms with Gasteiger partial charge in [0.05, 0.1) is 6.04 Å². The molecule has 3 heterocycles. The third-order valence-corrected chi connectivity index (χ3v) is 7.61. The van der Waals surface area contributed by atoms with Crippen molar-refractivity contribution >= 4 is 17.6 Å². The molecule has 0 spiro atoms. The van der Waals surface area contributed by atoms with Gasteiger partial charge >= 0.3 is 0 Å². The third-order valence-electron chi connectivity index (χ3n) is 7.61. The van der Waals surface area contributed by atoms with Crippen LogP contribution in [0, 0.1) is 12.8 Å². The maximum atomic E-state index is 13.3. The number of piperidine rings is 1. The smallest absolute Gasteiger partial charge is 0.228 e. The molecule has 5 rings (SSSR count). The number of carbonyl (C=O) groups is 2. The number of likely N-dealkylation sites (tertiary alicyclic amines) is 1. The summed E-state index contributed by atoms with van der Waals surface area (Å²) < 4.78 is 0. The quantitative estimate of drug-likeness (QED) is 0.676. The molecule has 1 aromatic heterocycles. The molecule has 33 heavy (non-hydrogen) atoms. The summed E-state index contributed by atoms with van der Waals surface area (Å²) in [5.74, 6) is 2.06. The van der Waals surface area contributed by atoms with Crippen LogP contribution in [0.15, 0.2) is 30.3 Å². The zero-order valence-electron chi connectivity index (χ0n) is 19.6. The van der Waals surface area contributed by atoms with Gasteiger partial charge in [-0.2, -0.15) is 0 Å². The van der Waals surface area contributed by atoms with Crippen LogP contribution in [0.25, 0.3) is 0 Å². The van der Waals surface area contributed by atoms with Crippen molar-refractivity contribution in [2.45, 2.75) is 77.2 Å². The van der Waals surface area contributed by atoms with Crippen LogP contribution in [0.3, 0.4) is 0 Å². The van der Waals surface area contributed by atoms with E-state index in [9.17, 15) is 9.59 Å². The van der Waals surface area contributed by atoms with Gasteiger partial charge in [-0.05, 0) is 57.4 Å². The largest absolute Gasteiger partial charge is 0.332 e. The third kappa shape index (κ3) is 4.53. The Bertz CT molecular complexity index is 1020. The summed E-state index contributed by atoms with van der Waals surface area (Å²) >= 11 is 0. The maximum absolute atomic E-state index is 13.3. The molecule has 3 aliphatic rings. The van der Waals surface area contributed by atoms with Crippen molar-refractivity contribution in [2.75, 3.05) is 18.0 Å².